The fourth-order valence-electron chi connectivity index (χ4n) is 2.21. The van der Waals surface area contributed by atoms with E-state index in [9.17, 15) is 0 Å². The van der Waals surface area contributed by atoms with E-state index < -0.39 is 0 Å². The predicted molar refractivity (Wildman–Crippen MR) is 90.1 cm³/mol. The minimum atomic E-state index is 0.205. The van der Waals surface area contributed by atoms with E-state index in [0.29, 0.717) is 5.92 Å². The molecule has 0 aliphatic heterocycles. The molecule has 112 valence electrons. The van der Waals surface area contributed by atoms with Gasteiger partial charge in [0.05, 0.1) is 6.10 Å². The number of rotatable bonds is 6. The molecule has 0 spiro atoms. The maximum absolute atomic E-state index is 5.73. The molecule has 2 rings (SSSR count). The molecule has 0 bridgehead atoms. The van der Waals surface area contributed by atoms with Crippen molar-refractivity contribution in [3.05, 3.63) is 59.7 Å². The molecule has 2 nitrogen and oxygen atoms in total. The highest BCUT2D eigenvalue weighted by Crippen LogP contribution is 2.20. The topological polar surface area (TPSA) is 21.3 Å². The van der Waals surface area contributed by atoms with Crippen molar-refractivity contribution in [1.29, 1.82) is 0 Å². The lowest BCUT2D eigenvalue weighted by Crippen LogP contribution is -2.06. The highest BCUT2D eigenvalue weighted by molar-refractivity contribution is 5.47. The summed E-state index contributed by atoms with van der Waals surface area (Å²) in [6.45, 7) is 9.32. The molecule has 0 radical (unpaired) electrons. The van der Waals surface area contributed by atoms with Gasteiger partial charge >= 0.3 is 0 Å². The first-order valence-corrected chi connectivity index (χ1v) is 7.64. The molecular formula is C19H25NO. The van der Waals surface area contributed by atoms with E-state index >= 15 is 0 Å². The van der Waals surface area contributed by atoms with Gasteiger partial charge in [0.1, 0.15) is 5.75 Å². The molecule has 0 saturated heterocycles. The lowest BCUT2D eigenvalue weighted by Gasteiger charge is -2.13. The minimum Gasteiger partial charge on any atom is -0.491 e. The molecule has 0 aromatic heterocycles. The molecule has 2 aromatic carbocycles. The van der Waals surface area contributed by atoms with E-state index in [1.54, 1.807) is 0 Å². The Hall–Kier alpha value is -1.96. The number of hydrogen-bond donors (Lipinski definition) is 1. The SMILES string of the molecule is CC(C)Oc1cccc(CNc2cccc(C(C)C)c2)c1. The Morgan fingerprint density at radius 1 is 0.952 bits per heavy atom. The van der Waals surface area contributed by atoms with Gasteiger partial charge in [-0.05, 0) is 55.2 Å². The summed E-state index contributed by atoms with van der Waals surface area (Å²) in [4.78, 5) is 0. The summed E-state index contributed by atoms with van der Waals surface area (Å²) in [6, 6.07) is 16.9. The summed E-state index contributed by atoms with van der Waals surface area (Å²) < 4.78 is 5.73. The zero-order valence-corrected chi connectivity index (χ0v) is 13.4. The Morgan fingerprint density at radius 3 is 2.43 bits per heavy atom. The van der Waals surface area contributed by atoms with Crippen LogP contribution >= 0.6 is 0 Å². The molecule has 2 aromatic rings. The minimum absolute atomic E-state index is 0.205. The standard InChI is InChI=1S/C19H25NO/c1-14(2)17-8-6-9-18(12-17)20-13-16-7-5-10-19(11-16)21-15(3)4/h5-12,14-15,20H,13H2,1-4H3. The van der Waals surface area contributed by atoms with Crippen LogP contribution in [0.2, 0.25) is 0 Å². The smallest absolute Gasteiger partial charge is 0.120 e. The first-order chi connectivity index (χ1) is 10.0. The molecule has 0 fully saturated rings. The van der Waals surface area contributed by atoms with Crippen LogP contribution in [-0.2, 0) is 6.54 Å². The van der Waals surface area contributed by atoms with Gasteiger partial charge in [-0.3, -0.25) is 0 Å². The van der Waals surface area contributed by atoms with Crippen molar-refractivity contribution in [3.63, 3.8) is 0 Å². The van der Waals surface area contributed by atoms with Crippen molar-refractivity contribution in [2.75, 3.05) is 5.32 Å². The first-order valence-electron chi connectivity index (χ1n) is 7.64. The lowest BCUT2D eigenvalue weighted by molar-refractivity contribution is 0.242. The Morgan fingerprint density at radius 2 is 1.71 bits per heavy atom. The van der Waals surface area contributed by atoms with Gasteiger partial charge in [0.25, 0.3) is 0 Å². The number of nitrogens with one attached hydrogen (secondary N) is 1. The fraction of sp³-hybridized carbons (Fsp3) is 0.368. The van der Waals surface area contributed by atoms with Crippen LogP contribution in [0.1, 0.15) is 44.7 Å². The Bertz CT molecular complexity index is 575. The van der Waals surface area contributed by atoms with Gasteiger partial charge in [-0.25, -0.2) is 0 Å². The average molecular weight is 283 g/mol. The quantitative estimate of drug-likeness (QED) is 0.785. The van der Waals surface area contributed by atoms with Gasteiger partial charge in [-0.15, -0.1) is 0 Å². The normalized spacial score (nSPS) is 11.0. The van der Waals surface area contributed by atoms with Crippen LogP contribution in [0.4, 0.5) is 5.69 Å². The van der Waals surface area contributed by atoms with Gasteiger partial charge < -0.3 is 10.1 Å². The molecule has 0 amide bonds. The number of benzene rings is 2. The Balaban J connectivity index is 2.01. The summed E-state index contributed by atoms with van der Waals surface area (Å²) in [5.41, 5.74) is 3.75. The molecule has 2 heteroatoms. The molecule has 0 atom stereocenters. The molecule has 0 aliphatic carbocycles. The third kappa shape index (κ3) is 4.82. The summed E-state index contributed by atoms with van der Waals surface area (Å²) >= 11 is 0. The van der Waals surface area contributed by atoms with Crippen LogP contribution < -0.4 is 10.1 Å². The largest absolute Gasteiger partial charge is 0.491 e. The molecule has 0 saturated carbocycles. The van der Waals surface area contributed by atoms with Crippen molar-refractivity contribution >= 4 is 5.69 Å². The van der Waals surface area contributed by atoms with E-state index in [-0.39, 0.29) is 6.10 Å². The molecule has 0 heterocycles. The van der Waals surface area contributed by atoms with Crippen molar-refractivity contribution in [2.24, 2.45) is 0 Å². The second kappa shape index (κ2) is 7.16. The van der Waals surface area contributed by atoms with Crippen LogP contribution in [-0.4, -0.2) is 6.10 Å². The lowest BCUT2D eigenvalue weighted by atomic mass is 10.0. The van der Waals surface area contributed by atoms with Crippen molar-refractivity contribution in [2.45, 2.75) is 46.3 Å². The maximum Gasteiger partial charge on any atom is 0.120 e. The van der Waals surface area contributed by atoms with Crippen LogP contribution in [0, 0.1) is 0 Å². The van der Waals surface area contributed by atoms with Crippen LogP contribution in [0.3, 0.4) is 0 Å². The summed E-state index contributed by atoms with van der Waals surface area (Å²) in [5, 5.41) is 3.48. The van der Waals surface area contributed by atoms with Gasteiger partial charge in [0.2, 0.25) is 0 Å². The molecule has 0 aliphatic rings. The van der Waals surface area contributed by atoms with Crippen molar-refractivity contribution in [1.82, 2.24) is 0 Å². The summed E-state index contributed by atoms with van der Waals surface area (Å²) in [6.07, 6.45) is 0.205. The van der Waals surface area contributed by atoms with Crippen molar-refractivity contribution < 1.29 is 4.74 Å². The van der Waals surface area contributed by atoms with E-state index in [0.717, 1.165) is 18.0 Å². The van der Waals surface area contributed by atoms with E-state index in [4.69, 9.17) is 4.74 Å². The molecular weight excluding hydrogens is 258 g/mol. The number of anilines is 1. The monoisotopic (exact) mass is 283 g/mol. The zero-order valence-electron chi connectivity index (χ0n) is 13.4. The second-order valence-electron chi connectivity index (χ2n) is 5.95. The first kappa shape index (κ1) is 15.4. The van der Waals surface area contributed by atoms with Crippen LogP contribution in [0.5, 0.6) is 5.75 Å². The number of hydrogen-bond acceptors (Lipinski definition) is 2. The van der Waals surface area contributed by atoms with E-state index in [1.807, 2.05) is 26.0 Å². The third-order valence-electron chi connectivity index (χ3n) is 3.32. The zero-order chi connectivity index (χ0) is 15.2. The third-order valence-corrected chi connectivity index (χ3v) is 3.32. The van der Waals surface area contributed by atoms with E-state index in [1.165, 1.54) is 11.1 Å². The number of ether oxygens (including phenoxy) is 1. The molecule has 0 unspecified atom stereocenters. The van der Waals surface area contributed by atoms with E-state index in [2.05, 4.69) is 55.6 Å². The highest BCUT2D eigenvalue weighted by atomic mass is 16.5. The van der Waals surface area contributed by atoms with Gasteiger partial charge in [0.15, 0.2) is 0 Å². The average Bonchev–Trinajstić information content (AvgIpc) is 2.45. The molecule has 21 heavy (non-hydrogen) atoms. The maximum atomic E-state index is 5.73. The summed E-state index contributed by atoms with van der Waals surface area (Å²) in [5.74, 6) is 1.48. The Kier molecular flexibility index (Phi) is 5.26. The van der Waals surface area contributed by atoms with Gasteiger partial charge in [-0.1, -0.05) is 38.1 Å². The summed E-state index contributed by atoms with van der Waals surface area (Å²) in [7, 11) is 0. The van der Waals surface area contributed by atoms with Gasteiger partial charge in [0, 0.05) is 12.2 Å². The highest BCUT2D eigenvalue weighted by Gasteiger charge is 2.02. The second-order valence-corrected chi connectivity index (χ2v) is 5.95. The van der Waals surface area contributed by atoms with Crippen LogP contribution in [0.25, 0.3) is 0 Å². The fourth-order valence-corrected chi connectivity index (χ4v) is 2.21. The molecule has 1 N–H and O–H groups in total. The van der Waals surface area contributed by atoms with Crippen molar-refractivity contribution in [3.8, 4) is 5.75 Å². The predicted octanol–water partition coefficient (Wildman–Crippen LogP) is 5.21. The van der Waals surface area contributed by atoms with Gasteiger partial charge in [-0.2, -0.15) is 0 Å². The van der Waals surface area contributed by atoms with Crippen LogP contribution in [0.15, 0.2) is 48.5 Å². The Labute approximate surface area is 128 Å².